The topological polar surface area (TPSA) is 9.72 Å². The van der Waals surface area contributed by atoms with Gasteiger partial charge in [-0.2, -0.15) is 0 Å². The van der Waals surface area contributed by atoms with Crippen molar-refractivity contribution in [2.24, 2.45) is 0 Å². The van der Waals surface area contributed by atoms with Gasteiger partial charge in [-0.1, -0.05) is 0 Å². The molecule has 0 atom stereocenters. The molecule has 1 aliphatic rings. The molecule has 1 heterocycles. The van der Waals surface area contributed by atoms with Crippen molar-refractivity contribution in [1.29, 1.82) is 0 Å². The van der Waals surface area contributed by atoms with Crippen LogP contribution in [0.3, 0.4) is 0 Å². The van der Waals surface area contributed by atoms with Gasteiger partial charge in [0.1, 0.15) is 0 Å². The molecule has 1 rings (SSSR count). The Kier molecular flexibility index (Phi) is 6.65. The fourth-order valence-electron chi connectivity index (χ4n) is 3.86. The summed E-state index contributed by atoms with van der Waals surface area (Å²) in [7, 11) is -2.55. The predicted octanol–water partition coefficient (Wildman–Crippen LogP) is 4.11. The van der Waals surface area contributed by atoms with E-state index in [9.17, 15) is 0 Å². The second-order valence-electron chi connectivity index (χ2n) is 8.87. The molecule has 0 aromatic carbocycles. The van der Waals surface area contributed by atoms with Crippen molar-refractivity contribution in [1.82, 2.24) is 8.70 Å². The van der Waals surface area contributed by atoms with Crippen LogP contribution in [-0.4, -0.2) is 64.0 Å². The Labute approximate surface area is 144 Å². The van der Waals surface area contributed by atoms with Crippen LogP contribution in [0.15, 0.2) is 0 Å². The van der Waals surface area contributed by atoms with Crippen LogP contribution in [0, 0.1) is 0 Å². The first-order valence-corrected chi connectivity index (χ1v) is 19.3. The molecule has 0 N–H and O–H groups in total. The summed E-state index contributed by atoms with van der Waals surface area (Å²) in [4.78, 5) is 0. The van der Waals surface area contributed by atoms with E-state index in [1.165, 1.54) is 6.42 Å². The van der Waals surface area contributed by atoms with Crippen molar-refractivity contribution in [2.75, 3.05) is 0 Å². The maximum absolute atomic E-state index is 3.16. The van der Waals surface area contributed by atoms with Crippen molar-refractivity contribution in [2.45, 2.75) is 98.6 Å². The Hall–Kier alpha value is 1.11. The molecule has 6 heteroatoms. The second kappa shape index (κ2) is 6.93. The monoisotopic (exact) mass is 436 g/mol. The summed E-state index contributed by atoms with van der Waals surface area (Å²) in [6.45, 7) is 27.4. The third kappa shape index (κ3) is 4.15. The first-order valence-electron chi connectivity index (χ1n) is 8.58. The molecule has 0 saturated carbocycles. The first-order chi connectivity index (χ1) is 9.34. The molecule has 0 amide bonds. The minimum absolute atomic E-state index is 0.703. The molecule has 1 fully saturated rings. The van der Waals surface area contributed by atoms with Crippen LogP contribution >= 0.6 is 0 Å². The predicted molar refractivity (Wildman–Crippen MR) is 102 cm³/mol. The number of hydrogen-bond acceptors (Lipinski definition) is 3. The van der Waals surface area contributed by atoms with Gasteiger partial charge in [-0.05, 0) is 0 Å². The van der Waals surface area contributed by atoms with Crippen LogP contribution in [-0.2, 0) is 0 Å². The van der Waals surface area contributed by atoms with Gasteiger partial charge in [-0.15, -0.1) is 0 Å². The van der Waals surface area contributed by atoms with E-state index in [0.29, 0.717) is 18.2 Å². The summed E-state index contributed by atoms with van der Waals surface area (Å²) in [6.07, 6.45) is 1.97. The Balaban J connectivity index is 3.25. The van der Waals surface area contributed by atoms with Gasteiger partial charge >= 0.3 is 144 Å². The van der Waals surface area contributed by atoms with E-state index in [0.717, 1.165) is 0 Å². The molecule has 21 heavy (non-hydrogen) atoms. The summed E-state index contributed by atoms with van der Waals surface area (Å²) in [5, 5.41) is 0. The quantitative estimate of drug-likeness (QED) is 0.582. The van der Waals surface area contributed by atoms with E-state index < -0.39 is 37.1 Å². The van der Waals surface area contributed by atoms with Gasteiger partial charge in [0.15, 0.2) is 0 Å². The third-order valence-electron chi connectivity index (χ3n) is 4.12. The number of nitrogens with zero attached hydrogens (tertiary/aromatic N) is 3. The van der Waals surface area contributed by atoms with Crippen LogP contribution in [0.1, 0.15) is 41.0 Å². The van der Waals surface area contributed by atoms with Crippen molar-refractivity contribution in [3.05, 3.63) is 0 Å². The van der Waals surface area contributed by atoms with Gasteiger partial charge in [0.05, 0.1) is 0 Å². The van der Waals surface area contributed by atoms with Crippen molar-refractivity contribution in [3.63, 3.8) is 0 Å². The number of hydrogen-bond donors (Lipinski definition) is 0. The van der Waals surface area contributed by atoms with E-state index in [4.69, 9.17) is 0 Å². The zero-order chi connectivity index (χ0) is 16.7. The average molecular weight is 435 g/mol. The summed E-state index contributed by atoms with van der Waals surface area (Å²) in [6, 6.07) is 1.41. The molecular formula is C15H38N3Si2Sn. The van der Waals surface area contributed by atoms with Crippen LogP contribution in [0.25, 0.3) is 0 Å². The van der Waals surface area contributed by atoms with E-state index in [1.807, 2.05) is 0 Å². The molecule has 1 radical (unpaired) electrons. The summed E-state index contributed by atoms with van der Waals surface area (Å²) in [5.74, 6) is 0. The van der Waals surface area contributed by atoms with Gasteiger partial charge in [0, 0.05) is 0 Å². The van der Waals surface area contributed by atoms with Gasteiger partial charge in [-0.25, -0.2) is 0 Å². The molecule has 1 saturated heterocycles. The van der Waals surface area contributed by atoms with Gasteiger partial charge < -0.3 is 0 Å². The fourth-order valence-corrected chi connectivity index (χ4v) is 34.0. The van der Waals surface area contributed by atoms with E-state index in [-0.39, 0.29) is 0 Å². The van der Waals surface area contributed by atoms with Crippen LogP contribution in [0.5, 0.6) is 0 Å². The third-order valence-corrected chi connectivity index (χ3v) is 33.4. The fraction of sp³-hybridized carbons (Fsp3) is 1.00. The molecule has 125 valence electrons. The van der Waals surface area contributed by atoms with Gasteiger partial charge in [0.25, 0.3) is 0 Å². The van der Waals surface area contributed by atoms with E-state index >= 15 is 0 Å². The van der Waals surface area contributed by atoms with Crippen LogP contribution < -0.4 is 0 Å². The normalized spacial score (nSPS) is 20.9. The zero-order valence-corrected chi connectivity index (χ0v) is 21.1. The molecule has 0 spiro atoms. The molecule has 0 aliphatic carbocycles. The second-order valence-corrected chi connectivity index (χ2v) is 27.4. The van der Waals surface area contributed by atoms with Gasteiger partial charge in [0.2, 0.25) is 0 Å². The van der Waals surface area contributed by atoms with Crippen LogP contribution in [0.4, 0.5) is 0 Å². The summed E-state index contributed by atoms with van der Waals surface area (Å²) < 4.78 is 9.08. The minimum atomic E-state index is -1.86. The molecule has 3 nitrogen and oxygen atoms in total. The summed E-state index contributed by atoms with van der Waals surface area (Å²) in [5.41, 5.74) is 0. The summed E-state index contributed by atoms with van der Waals surface area (Å²) >= 11 is -1.86. The molecule has 0 unspecified atom stereocenters. The SMILES string of the molecule is CCC1[N](C(C)C)[Sn]([N]([Si](C)(C)C)[Si](C)(C)C)[N]1C(C)C. The molecule has 0 bridgehead atoms. The van der Waals surface area contributed by atoms with E-state index in [1.54, 1.807) is 0 Å². The molecule has 0 aromatic heterocycles. The first kappa shape index (κ1) is 20.2. The molecular weight excluding hydrogens is 397 g/mol. The standard InChI is InChI=1S/C9H20N2.C6H18NSi2.Sn/c1-6-9(10-7(2)3)11-8(4)5;1-8(2,3)7-9(4,5)6;/h7-9H,6H2,1-5H3;1-6H3;/q-2;-1;+3. The Morgan fingerprint density at radius 1 is 0.857 bits per heavy atom. The van der Waals surface area contributed by atoms with Crippen LogP contribution in [0.2, 0.25) is 39.3 Å². The Bertz CT molecular complexity index is 320. The van der Waals surface area contributed by atoms with E-state index in [2.05, 4.69) is 82.6 Å². The zero-order valence-electron chi connectivity index (χ0n) is 16.3. The van der Waals surface area contributed by atoms with Crippen molar-refractivity contribution in [3.8, 4) is 0 Å². The van der Waals surface area contributed by atoms with Crippen molar-refractivity contribution >= 4 is 37.1 Å². The maximum atomic E-state index is 3.16. The number of rotatable bonds is 6. The van der Waals surface area contributed by atoms with Gasteiger partial charge in [-0.3, -0.25) is 0 Å². The Morgan fingerprint density at radius 2 is 1.19 bits per heavy atom. The molecule has 1 aliphatic heterocycles. The average Bonchev–Trinajstić information content (AvgIpc) is 2.17. The van der Waals surface area contributed by atoms with Crippen molar-refractivity contribution < 1.29 is 0 Å². The Morgan fingerprint density at radius 3 is 1.38 bits per heavy atom. The molecule has 0 aromatic rings.